The van der Waals surface area contributed by atoms with Crippen molar-refractivity contribution in [1.29, 1.82) is 0 Å². The molecule has 0 unspecified atom stereocenters. The van der Waals surface area contributed by atoms with Crippen LogP contribution < -0.4 is 15.0 Å². The van der Waals surface area contributed by atoms with E-state index in [1.54, 1.807) is 25.1 Å². The maximum Gasteiger partial charge on any atom is 0.275 e. The zero-order valence-corrected chi connectivity index (χ0v) is 14.9. The molecule has 0 bridgehead atoms. The molecule has 8 heteroatoms. The van der Waals surface area contributed by atoms with E-state index in [1.165, 1.54) is 31.2 Å². The van der Waals surface area contributed by atoms with Crippen molar-refractivity contribution < 1.29 is 22.3 Å². The summed E-state index contributed by atoms with van der Waals surface area (Å²) in [7, 11) is -3.93. The average molecular weight is 366 g/mol. The molecule has 0 aromatic heterocycles. The van der Waals surface area contributed by atoms with E-state index >= 15 is 0 Å². The number of aryl methyl sites for hydroxylation is 2. The van der Waals surface area contributed by atoms with Gasteiger partial charge in [0.1, 0.15) is 0 Å². The highest BCUT2D eigenvalue weighted by molar-refractivity contribution is 7.89. The second-order valence-electron chi connectivity index (χ2n) is 5.55. The molecule has 134 valence electrons. The Morgan fingerprint density at radius 1 is 1.16 bits per heavy atom. The highest BCUT2D eigenvalue weighted by Gasteiger charge is 2.21. The largest absolute Gasteiger partial charge is 0.478 e. The van der Waals surface area contributed by atoms with E-state index in [9.17, 15) is 17.6 Å². The number of nitrogens with one attached hydrogen (secondary N) is 2. The van der Waals surface area contributed by atoms with Crippen LogP contribution in [0.4, 0.5) is 4.39 Å². The Morgan fingerprint density at radius 3 is 2.48 bits per heavy atom. The van der Waals surface area contributed by atoms with Gasteiger partial charge in [-0.1, -0.05) is 29.8 Å². The normalized spacial score (nSPS) is 12.5. The average Bonchev–Trinajstić information content (AvgIpc) is 2.54. The number of hydrogen-bond donors (Lipinski definition) is 2. The summed E-state index contributed by atoms with van der Waals surface area (Å²) in [4.78, 5) is 14.1. The van der Waals surface area contributed by atoms with Gasteiger partial charge in [-0.05, 0) is 44.5 Å². The third-order valence-corrected chi connectivity index (χ3v) is 4.85. The molecule has 0 aliphatic carbocycles. The van der Waals surface area contributed by atoms with Crippen LogP contribution in [0.2, 0.25) is 0 Å². The summed E-state index contributed by atoms with van der Waals surface area (Å²) in [5, 5.41) is 0. The minimum Gasteiger partial charge on any atom is -0.478 e. The molecular weight excluding hydrogens is 347 g/mol. The number of carbonyl (C=O) groups excluding carboxylic acids is 1. The van der Waals surface area contributed by atoms with Crippen molar-refractivity contribution in [3.8, 4) is 5.75 Å². The quantitative estimate of drug-likeness (QED) is 0.768. The number of para-hydroxylation sites is 1. The van der Waals surface area contributed by atoms with Crippen LogP contribution in [-0.4, -0.2) is 20.4 Å². The Hall–Kier alpha value is -2.45. The first kappa shape index (κ1) is 18.9. The second-order valence-corrected chi connectivity index (χ2v) is 7.21. The number of rotatable bonds is 6. The zero-order valence-electron chi connectivity index (χ0n) is 14.0. The zero-order chi connectivity index (χ0) is 18.6. The number of halogens is 1. The van der Waals surface area contributed by atoms with Gasteiger partial charge in [-0.3, -0.25) is 10.2 Å². The van der Waals surface area contributed by atoms with Crippen LogP contribution in [0.1, 0.15) is 18.1 Å². The van der Waals surface area contributed by atoms with Crippen LogP contribution in [0.15, 0.2) is 47.4 Å². The molecule has 0 spiro atoms. The number of hydrazine groups is 1. The second kappa shape index (κ2) is 7.62. The third-order valence-electron chi connectivity index (χ3n) is 3.44. The lowest BCUT2D eigenvalue weighted by molar-refractivity contribution is -0.127. The maximum atomic E-state index is 13.5. The molecule has 6 nitrogen and oxygen atoms in total. The molecule has 2 N–H and O–H groups in total. The van der Waals surface area contributed by atoms with Crippen LogP contribution in [-0.2, 0) is 14.8 Å². The van der Waals surface area contributed by atoms with Crippen molar-refractivity contribution in [2.24, 2.45) is 0 Å². The minimum atomic E-state index is -3.93. The van der Waals surface area contributed by atoms with Gasteiger partial charge >= 0.3 is 0 Å². The van der Waals surface area contributed by atoms with Gasteiger partial charge in [0.2, 0.25) is 0 Å². The minimum absolute atomic E-state index is 0.0566. The fourth-order valence-electron chi connectivity index (χ4n) is 2.16. The van der Waals surface area contributed by atoms with E-state index in [-0.39, 0.29) is 10.6 Å². The van der Waals surface area contributed by atoms with Crippen molar-refractivity contribution in [2.75, 3.05) is 0 Å². The molecule has 0 fully saturated rings. The molecular formula is C17H19FN2O4S. The smallest absolute Gasteiger partial charge is 0.275 e. The Morgan fingerprint density at radius 2 is 1.84 bits per heavy atom. The molecule has 0 aliphatic heterocycles. The van der Waals surface area contributed by atoms with Gasteiger partial charge < -0.3 is 4.74 Å². The molecule has 2 rings (SSSR count). The first-order chi connectivity index (χ1) is 11.7. The van der Waals surface area contributed by atoms with Crippen LogP contribution in [0.5, 0.6) is 5.75 Å². The molecule has 0 radical (unpaired) electrons. The molecule has 0 aliphatic rings. The fraction of sp³-hybridized carbons (Fsp3) is 0.235. The van der Waals surface area contributed by atoms with E-state index in [1.807, 2.05) is 11.8 Å². The standard InChI is InChI=1S/C17H19FN2O4S/c1-11-8-9-16(12(2)10-11)25(22,23)20-19-17(21)13(3)24-15-7-5-4-6-14(15)18/h4-10,13,20H,1-3H3,(H,19,21)/t13-/m1/s1. The first-order valence-corrected chi connectivity index (χ1v) is 8.99. The van der Waals surface area contributed by atoms with Crippen molar-refractivity contribution in [3.05, 3.63) is 59.4 Å². The van der Waals surface area contributed by atoms with Crippen molar-refractivity contribution in [3.63, 3.8) is 0 Å². The Labute approximate surface area is 146 Å². The van der Waals surface area contributed by atoms with Gasteiger partial charge in [0.05, 0.1) is 4.90 Å². The molecule has 0 heterocycles. The monoisotopic (exact) mass is 366 g/mol. The lowest BCUT2D eigenvalue weighted by Gasteiger charge is -2.16. The Kier molecular flexibility index (Phi) is 5.76. The molecule has 25 heavy (non-hydrogen) atoms. The SMILES string of the molecule is Cc1ccc(S(=O)(=O)NNC(=O)[C@@H](C)Oc2ccccc2F)c(C)c1. The molecule has 2 aromatic carbocycles. The van der Waals surface area contributed by atoms with Gasteiger partial charge in [-0.2, -0.15) is 0 Å². The van der Waals surface area contributed by atoms with Gasteiger partial charge in [-0.25, -0.2) is 12.8 Å². The van der Waals surface area contributed by atoms with Crippen LogP contribution in [0.25, 0.3) is 0 Å². The third kappa shape index (κ3) is 4.77. The molecule has 1 atom stereocenters. The number of ether oxygens (including phenoxy) is 1. The molecule has 0 saturated heterocycles. The number of carbonyl (C=O) groups is 1. The lowest BCUT2D eigenvalue weighted by Crippen LogP contribution is -2.47. The van der Waals surface area contributed by atoms with E-state index < -0.39 is 27.9 Å². The van der Waals surface area contributed by atoms with E-state index in [4.69, 9.17) is 4.74 Å². The molecule has 1 amide bonds. The summed E-state index contributed by atoms with van der Waals surface area (Å²) in [6, 6.07) is 10.5. The maximum absolute atomic E-state index is 13.5. The van der Waals surface area contributed by atoms with Gasteiger partial charge in [-0.15, -0.1) is 4.83 Å². The van der Waals surface area contributed by atoms with Gasteiger partial charge in [0.25, 0.3) is 15.9 Å². The highest BCUT2D eigenvalue weighted by atomic mass is 32.2. The van der Waals surface area contributed by atoms with Crippen molar-refractivity contribution in [2.45, 2.75) is 31.8 Å². The summed E-state index contributed by atoms with van der Waals surface area (Å²) in [5.41, 5.74) is 3.56. The molecule has 2 aromatic rings. The number of sulfonamides is 1. The summed E-state index contributed by atoms with van der Waals surface area (Å²) in [6.07, 6.45) is -1.10. The first-order valence-electron chi connectivity index (χ1n) is 7.51. The number of amides is 1. The summed E-state index contributed by atoms with van der Waals surface area (Å²) < 4.78 is 43.3. The van der Waals surface area contributed by atoms with Crippen molar-refractivity contribution >= 4 is 15.9 Å². The Bertz CT molecular complexity index is 884. The topological polar surface area (TPSA) is 84.5 Å². The van der Waals surface area contributed by atoms with Crippen LogP contribution in [0.3, 0.4) is 0 Å². The van der Waals surface area contributed by atoms with Crippen LogP contribution >= 0.6 is 0 Å². The highest BCUT2D eigenvalue weighted by Crippen LogP contribution is 2.17. The van der Waals surface area contributed by atoms with E-state index in [2.05, 4.69) is 5.43 Å². The van der Waals surface area contributed by atoms with Crippen molar-refractivity contribution in [1.82, 2.24) is 10.3 Å². The molecule has 0 saturated carbocycles. The summed E-state index contributed by atoms with van der Waals surface area (Å²) >= 11 is 0. The number of benzene rings is 2. The van der Waals surface area contributed by atoms with Gasteiger partial charge in [0.15, 0.2) is 17.7 Å². The summed E-state index contributed by atoms with van der Waals surface area (Å²) in [6.45, 7) is 4.89. The van der Waals surface area contributed by atoms with Crippen LogP contribution in [0, 0.1) is 19.7 Å². The predicted octanol–water partition coefficient (Wildman–Crippen LogP) is 2.22. The predicted molar refractivity (Wildman–Crippen MR) is 90.9 cm³/mol. The Balaban J connectivity index is 2.02. The van der Waals surface area contributed by atoms with E-state index in [0.29, 0.717) is 5.56 Å². The lowest BCUT2D eigenvalue weighted by atomic mass is 10.2. The van der Waals surface area contributed by atoms with E-state index in [0.717, 1.165) is 5.56 Å². The fourth-order valence-corrected chi connectivity index (χ4v) is 3.23. The van der Waals surface area contributed by atoms with Gasteiger partial charge in [0, 0.05) is 0 Å². The number of hydrogen-bond acceptors (Lipinski definition) is 4. The summed E-state index contributed by atoms with van der Waals surface area (Å²) in [5.74, 6) is -1.46.